The topological polar surface area (TPSA) is 70.4 Å². The molecule has 42 heavy (non-hydrogen) atoms. The molecule has 2 N–H and O–H groups in total. The molecule has 4 nitrogen and oxygen atoms in total. The number of aliphatic hydroxyl groups is 1. The minimum absolute atomic E-state index is 0.0292. The Morgan fingerprint density at radius 1 is 1.05 bits per heavy atom. The van der Waals surface area contributed by atoms with Gasteiger partial charge in [0.15, 0.2) is 0 Å². The normalized spacial score (nSPS) is 15.3. The van der Waals surface area contributed by atoms with E-state index in [1.807, 2.05) is 43.8 Å². The van der Waals surface area contributed by atoms with Gasteiger partial charge in [0.1, 0.15) is 0 Å². The van der Waals surface area contributed by atoms with E-state index in [1.165, 1.54) is 9.13 Å². The first kappa shape index (κ1) is 30.8. The molecule has 0 bridgehead atoms. The van der Waals surface area contributed by atoms with Crippen LogP contribution in [0.25, 0.3) is 23.1 Å². The molecule has 220 valence electrons. The number of carboxylic acid groups (broad SMARTS) is 1. The van der Waals surface area contributed by atoms with Crippen molar-refractivity contribution in [3.8, 4) is 0 Å². The molecule has 6 heteroatoms. The number of aryl methyl sites for hydroxylation is 1. The molecule has 1 saturated carbocycles. The summed E-state index contributed by atoms with van der Waals surface area (Å²) in [5.74, 6) is 0.144. The van der Waals surface area contributed by atoms with Crippen LogP contribution in [0.5, 0.6) is 0 Å². The maximum atomic E-state index is 11.5. The van der Waals surface area contributed by atoms with Crippen LogP contribution in [0.2, 0.25) is 0 Å². The fraction of sp³-hybridized carbons (Fsp3) is 0.333. The average molecular weight is 693 g/mol. The maximum absolute atomic E-state index is 11.5. The van der Waals surface area contributed by atoms with Crippen LogP contribution in [-0.4, -0.2) is 31.8 Å². The zero-order chi connectivity index (χ0) is 29.7. The van der Waals surface area contributed by atoms with Gasteiger partial charge in [-0.2, -0.15) is 0 Å². The minimum atomic E-state index is -0.903. The second kappa shape index (κ2) is 13.3. The van der Waals surface area contributed by atoms with Crippen molar-refractivity contribution in [3.05, 3.63) is 110 Å². The summed E-state index contributed by atoms with van der Waals surface area (Å²) in [6, 6.07) is 27.6. The van der Waals surface area contributed by atoms with Crippen LogP contribution in [0.15, 0.2) is 78.9 Å². The van der Waals surface area contributed by atoms with E-state index in [9.17, 15) is 15.0 Å². The van der Waals surface area contributed by atoms with Gasteiger partial charge in [-0.15, -0.1) is 0 Å². The number of carbonyl (C=O) groups is 1. The SMILES string of the molecule is C[I-]c1ccc2ccc(/C=C/c3cccc([C@@H](CCc4ccccc4C(C)(C)O)SCC4(CC(=O)O)CC4)c3)nc2c1. The molecule has 1 fully saturated rings. The Kier molecular flexibility index (Phi) is 9.75. The first-order valence-electron chi connectivity index (χ1n) is 14.5. The summed E-state index contributed by atoms with van der Waals surface area (Å²) in [6.07, 6.45) is 8.19. The van der Waals surface area contributed by atoms with Gasteiger partial charge in [-0.1, -0.05) is 24.3 Å². The van der Waals surface area contributed by atoms with E-state index in [4.69, 9.17) is 4.98 Å². The molecule has 1 aliphatic rings. The monoisotopic (exact) mass is 692 g/mol. The van der Waals surface area contributed by atoms with Gasteiger partial charge in [-0.3, -0.25) is 4.79 Å². The van der Waals surface area contributed by atoms with Crippen molar-refractivity contribution in [1.29, 1.82) is 0 Å². The first-order chi connectivity index (χ1) is 20.1. The van der Waals surface area contributed by atoms with E-state index in [0.29, 0.717) is 0 Å². The number of thioether (sulfide) groups is 1. The van der Waals surface area contributed by atoms with E-state index in [-0.39, 0.29) is 38.3 Å². The summed E-state index contributed by atoms with van der Waals surface area (Å²) in [4.78, 5) is 18.7. The van der Waals surface area contributed by atoms with Gasteiger partial charge in [-0.05, 0) is 49.7 Å². The number of rotatable bonds is 13. The molecule has 4 aromatic rings. The van der Waals surface area contributed by atoms with Gasteiger partial charge in [-0.25, -0.2) is 0 Å². The molecule has 3 aromatic carbocycles. The second-order valence-electron chi connectivity index (χ2n) is 11.9. The zero-order valence-electron chi connectivity index (χ0n) is 24.5. The molecular weight excluding hydrogens is 653 g/mol. The Labute approximate surface area is 263 Å². The molecule has 1 atom stereocenters. The number of nitrogens with zero attached hydrogens (tertiary/aromatic N) is 1. The number of benzene rings is 3. The van der Waals surface area contributed by atoms with Crippen molar-refractivity contribution in [1.82, 2.24) is 4.98 Å². The van der Waals surface area contributed by atoms with Crippen molar-refractivity contribution in [3.63, 3.8) is 0 Å². The fourth-order valence-electron chi connectivity index (χ4n) is 5.48. The quantitative estimate of drug-likeness (QED) is 0.149. The summed E-state index contributed by atoms with van der Waals surface area (Å²) in [5.41, 5.74) is 5.51. The number of hydrogen-bond acceptors (Lipinski definition) is 4. The summed E-state index contributed by atoms with van der Waals surface area (Å²) in [6.45, 7) is 3.68. The number of pyridine rings is 1. The number of hydrogen-bond donors (Lipinski definition) is 2. The number of alkyl halides is 1. The van der Waals surface area contributed by atoms with Gasteiger partial charge in [0.2, 0.25) is 0 Å². The number of aliphatic carboxylic acids is 1. The van der Waals surface area contributed by atoms with Crippen LogP contribution < -0.4 is 21.2 Å². The standard InChI is InChI=1S/C36H39INO3S/c1-35(2,41)31-10-5-4-8-26(31)14-18-33(42-24-36(19-20-36)23-34(39)40)28-9-6-7-25(21-28)11-16-30-17-13-27-12-15-29(37-3)22-32(27)38-30/h4-13,15-17,21-22,33,41H,14,18-20,23-24H2,1-3H3,(H,39,40)/q-1/b16-11+/t33-/m1/s1. The van der Waals surface area contributed by atoms with Gasteiger partial charge < -0.3 is 10.2 Å². The third kappa shape index (κ3) is 8.03. The molecule has 0 spiro atoms. The van der Waals surface area contributed by atoms with Gasteiger partial charge in [0.05, 0.1) is 12.0 Å². The molecule has 1 aliphatic carbocycles. The van der Waals surface area contributed by atoms with Gasteiger partial charge in [0.25, 0.3) is 0 Å². The molecule has 0 unspecified atom stereocenters. The van der Waals surface area contributed by atoms with E-state index in [1.54, 1.807) is 0 Å². The van der Waals surface area contributed by atoms with Crippen LogP contribution in [0.4, 0.5) is 0 Å². The predicted molar refractivity (Wildman–Crippen MR) is 171 cm³/mol. The third-order valence-electron chi connectivity index (χ3n) is 8.05. The van der Waals surface area contributed by atoms with Crippen LogP contribution in [0, 0.1) is 8.99 Å². The Morgan fingerprint density at radius 2 is 1.83 bits per heavy atom. The molecule has 0 aliphatic heterocycles. The number of aromatic nitrogens is 1. The van der Waals surface area contributed by atoms with Crippen LogP contribution in [0.3, 0.4) is 0 Å². The third-order valence-corrected chi connectivity index (χ3v) is 11.7. The Morgan fingerprint density at radius 3 is 2.57 bits per heavy atom. The Hall–Kier alpha value is -2.68. The van der Waals surface area contributed by atoms with Crippen molar-refractivity contribution in [2.45, 2.75) is 56.8 Å². The average Bonchev–Trinajstić information content (AvgIpc) is 3.74. The van der Waals surface area contributed by atoms with Crippen LogP contribution >= 0.6 is 11.8 Å². The number of halogens is 1. The van der Waals surface area contributed by atoms with E-state index in [0.717, 1.165) is 64.7 Å². The molecule has 0 radical (unpaired) electrons. The fourth-order valence-corrected chi connectivity index (χ4v) is 8.19. The van der Waals surface area contributed by atoms with Crippen molar-refractivity contribution in [2.75, 3.05) is 10.7 Å². The van der Waals surface area contributed by atoms with E-state index < -0.39 is 11.6 Å². The molecule has 0 saturated heterocycles. The number of carboxylic acids is 1. The van der Waals surface area contributed by atoms with Gasteiger partial charge in [0, 0.05) is 5.75 Å². The van der Waals surface area contributed by atoms with Crippen molar-refractivity contribution >= 4 is 40.8 Å². The van der Waals surface area contributed by atoms with Crippen molar-refractivity contribution in [2.24, 2.45) is 5.41 Å². The number of fused-ring (bicyclic) bond motifs is 1. The van der Waals surface area contributed by atoms with Gasteiger partial charge >= 0.3 is 159 Å². The molecule has 1 aromatic heterocycles. The Balaban J connectivity index is 1.37. The molecule has 5 rings (SSSR count). The molecule has 1 heterocycles. The van der Waals surface area contributed by atoms with E-state index in [2.05, 4.69) is 77.7 Å². The molecule has 0 amide bonds. The summed E-state index contributed by atoms with van der Waals surface area (Å²) >= 11 is 1.92. The molecular formula is C36H39INO3S-. The van der Waals surface area contributed by atoms with Crippen LogP contribution in [0.1, 0.15) is 72.7 Å². The van der Waals surface area contributed by atoms with E-state index >= 15 is 0 Å². The van der Waals surface area contributed by atoms with Crippen LogP contribution in [-0.2, 0) is 16.8 Å². The summed E-state index contributed by atoms with van der Waals surface area (Å²) in [7, 11) is 0. The Bertz CT molecular complexity index is 1590. The first-order valence-corrected chi connectivity index (χ1v) is 18.8. The zero-order valence-corrected chi connectivity index (χ0v) is 27.5. The summed E-state index contributed by atoms with van der Waals surface area (Å²) in [5, 5.41) is 21.6. The second-order valence-corrected chi connectivity index (χ2v) is 15.4. The predicted octanol–water partition coefficient (Wildman–Crippen LogP) is 5.18. The van der Waals surface area contributed by atoms with Crippen molar-refractivity contribution < 1.29 is 36.2 Å². The summed E-state index contributed by atoms with van der Waals surface area (Å²) < 4.78 is 1.40.